The fraction of sp³-hybridized carbons (Fsp3) is 0.474. The summed E-state index contributed by atoms with van der Waals surface area (Å²) in [7, 11) is 0. The fourth-order valence-corrected chi connectivity index (χ4v) is 6.66. The second-order valence-corrected chi connectivity index (χ2v) is 9.31. The second kappa shape index (κ2) is 6.76. The molecule has 0 saturated carbocycles. The third kappa shape index (κ3) is 2.77. The summed E-state index contributed by atoms with van der Waals surface area (Å²) >= 11 is 3.20. The zero-order valence-electron chi connectivity index (χ0n) is 14.8. The molecule has 0 amide bonds. The van der Waals surface area contributed by atoms with Crippen LogP contribution in [0, 0.1) is 25.2 Å². The van der Waals surface area contributed by atoms with E-state index < -0.39 is 11.2 Å². The van der Waals surface area contributed by atoms with Crippen LogP contribution in [0.25, 0.3) is 5.00 Å². The summed E-state index contributed by atoms with van der Waals surface area (Å²) in [5.41, 5.74) is 5.37. The van der Waals surface area contributed by atoms with E-state index in [0.29, 0.717) is 6.54 Å². The van der Waals surface area contributed by atoms with E-state index in [0.717, 1.165) is 46.8 Å². The molecule has 5 nitrogen and oxygen atoms in total. The average Bonchev–Trinajstić information content (AvgIpc) is 3.30. The van der Waals surface area contributed by atoms with Crippen LogP contribution in [-0.4, -0.2) is 27.4 Å². The Bertz CT molecular complexity index is 922. The number of aliphatic carboxylic acids is 1. The minimum Gasteiger partial charge on any atom is -0.480 e. The van der Waals surface area contributed by atoms with Gasteiger partial charge in [-0.2, -0.15) is 5.26 Å². The van der Waals surface area contributed by atoms with Gasteiger partial charge in [-0.05, 0) is 51.2 Å². The van der Waals surface area contributed by atoms with E-state index in [4.69, 9.17) is 0 Å². The largest absolute Gasteiger partial charge is 0.480 e. The van der Waals surface area contributed by atoms with Crippen LogP contribution in [-0.2, 0) is 17.6 Å². The van der Waals surface area contributed by atoms with Crippen LogP contribution in [0.5, 0.6) is 0 Å². The van der Waals surface area contributed by atoms with Crippen LogP contribution in [0.1, 0.15) is 51.2 Å². The Balaban J connectivity index is 1.76. The SMILES string of the molecule is Cc1cc([C@H]2NC[C@H](C(=O)O)S2)c(C)n1-c1sc2c(c1C#N)CCCC2. The Morgan fingerprint density at radius 2 is 2.15 bits per heavy atom. The summed E-state index contributed by atoms with van der Waals surface area (Å²) in [6.07, 6.45) is 4.43. The molecular weight excluding hydrogens is 366 g/mol. The first-order chi connectivity index (χ1) is 12.5. The molecule has 1 saturated heterocycles. The number of hydrogen-bond acceptors (Lipinski definition) is 5. The lowest BCUT2D eigenvalue weighted by Gasteiger charge is -2.12. The van der Waals surface area contributed by atoms with Gasteiger partial charge in [-0.15, -0.1) is 23.1 Å². The van der Waals surface area contributed by atoms with Crippen LogP contribution in [0.15, 0.2) is 6.07 Å². The number of aromatic nitrogens is 1. The molecule has 3 heterocycles. The molecule has 1 fully saturated rings. The van der Waals surface area contributed by atoms with Crippen molar-refractivity contribution in [1.29, 1.82) is 5.26 Å². The standard InChI is InChI=1S/C19H21N3O2S2/c1-10-7-13(17-21-9-16(25-17)19(23)24)11(2)22(10)18-14(8-20)12-5-3-4-6-15(12)26-18/h7,16-17,21H,3-6,9H2,1-2H3,(H,23,24)/t16-,17+/m1/s1. The molecule has 2 aliphatic rings. The lowest BCUT2D eigenvalue weighted by Crippen LogP contribution is -2.21. The Kier molecular flexibility index (Phi) is 4.59. The Hall–Kier alpha value is -1.75. The van der Waals surface area contributed by atoms with Crippen LogP contribution >= 0.6 is 23.1 Å². The van der Waals surface area contributed by atoms with Crippen molar-refractivity contribution < 1.29 is 9.90 Å². The van der Waals surface area contributed by atoms with Gasteiger partial charge in [-0.1, -0.05) is 0 Å². The molecule has 26 heavy (non-hydrogen) atoms. The highest BCUT2D eigenvalue weighted by atomic mass is 32.2. The molecule has 1 aliphatic heterocycles. The van der Waals surface area contributed by atoms with E-state index in [9.17, 15) is 15.2 Å². The molecule has 0 spiro atoms. The average molecular weight is 388 g/mol. The number of rotatable bonds is 3. The highest BCUT2D eigenvalue weighted by Crippen LogP contribution is 2.42. The van der Waals surface area contributed by atoms with E-state index in [1.807, 2.05) is 0 Å². The molecule has 7 heteroatoms. The number of aryl methyl sites for hydroxylation is 2. The number of thiophene rings is 1. The van der Waals surface area contributed by atoms with Gasteiger partial charge in [-0.3, -0.25) is 10.1 Å². The van der Waals surface area contributed by atoms with Gasteiger partial charge in [-0.25, -0.2) is 0 Å². The molecule has 0 unspecified atom stereocenters. The topological polar surface area (TPSA) is 78.0 Å². The molecular formula is C19H21N3O2S2. The Morgan fingerprint density at radius 1 is 1.38 bits per heavy atom. The molecule has 2 N–H and O–H groups in total. The number of nitrogens with zero attached hydrogens (tertiary/aromatic N) is 2. The quantitative estimate of drug-likeness (QED) is 0.840. The molecule has 0 aromatic carbocycles. The third-order valence-electron chi connectivity index (χ3n) is 5.28. The maximum Gasteiger partial charge on any atom is 0.318 e. The van der Waals surface area contributed by atoms with Gasteiger partial charge in [0.2, 0.25) is 0 Å². The number of thioether (sulfide) groups is 1. The lowest BCUT2D eigenvalue weighted by molar-refractivity contribution is -0.136. The van der Waals surface area contributed by atoms with Crippen molar-refractivity contribution >= 4 is 29.1 Å². The summed E-state index contributed by atoms with van der Waals surface area (Å²) < 4.78 is 2.19. The first-order valence-corrected chi connectivity index (χ1v) is 10.6. The number of fused-ring (bicyclic) bond motifs is 1. The predicted molar refractivity (Wildman–Crippen MR) is 104 cm³/mol. The van der Waals surface area contributed by atoms with E-state index in [2.05, 4.69) is 35.9 Å². The van der Waals surface area contributed by atoms with Crippen molar-refractivity contribution in [2.75, 3.05) is 6.54 Å². The number of carbonyl (C=O) groups is 1. The van der Waals surface area contributed by atoms with Gasteiger partial charge in [0.15, 0.2) is 0 Å². The zero-order valence-corrected chi connectivity index (χ0v) is 16.5. The third-order valence-corrected chi connectivity index (χ3v) is 7.95. The predicted octanol–water partition coefficient (Wildman–Crippen LogP) is 3.69. The van der Waals surface area contributed by atoms with Gasteiger partial charge in [0.1, 0.15) is 16.3 Å². The highest BCUT2D eigenvalue weighted by Gasteiger charge is 2.33. The zero-order chi connectivity index (χ0) is 18.4. The minimum absolute atomic E-state index is 0.0174. The Morgan fingerprint density at radius 3 is 2.85 bits per heavy atom. The van der Waals surface area contributed by atoms with E-state index in [-0.39, 0.29) is 5.37 Å². The van der Waals surface area contributed by atoms with Crippen molar-refractivity contribution in [3.05, 3.63) is 39.0 Å². The van der Waals surface area contributed by atoms with Crippen molar-refractivity contribution in [1.82, 2.24) is 9.88 Å². The highest BCUT2D eigenvalue weighted by molar-refractivity contribution is 8.01. The van der Waals surface area contributed by atoms with Gasteiger partial charge in [0.25, 0.3) is 0 Å². The maximum absolute atomic E-state index is 11.3. The fourth-order valence-electron chi connectivity index (χ4n) is 3.99. The molecule has 2 aromatic rings. The molecule has 2 aromatic heterocycles. The van der Waals surface area contributed by atoms with Crippen molar-refractivity contribution in [3.8, 4) is 11.1 Å². The molecule has 2 atom stereocenters. The number of nitrogens with one attached hydrogen (secondary N) is 1. The number of hydrogen-bond donors (Lipinski definition) is 2. The van der Waals surface area contributed by atoms with Crippen molar-refractivity contribution in [3.63, 3.8) is 0 Å². The first kappa shape index (κ1) is 17.7. The summed E-state index contributed by atoms with van der Waals surface area (Å²) in [4.78, 5) is 12.6. The summed E-state index contributed by atoms with van der Waals surface area (Å²) in [5.74, 6) is -0.767. The molecule has 1 aliphatic carbocycles. The maximum atomic E-state index is 11.3. The van der Waals surface area contributed by atoms with Crippen molar-refractivity contribution in [2.45, 2.75) is 50.2 Å². The minimum atomic E-state index is -0.767. The number of nitriles is 1. The van der Waals surface area contributed by atoms with E-state index in [1.165, 1.54) is 28.6 Å². The Labute approximate surface area is 161 Å². The van der Waals surface area contributed by atoms with Crippen LogP contribution < -0.4 is 5.32 Å². The van der Waals surface area contributed by atoms with Crippen LogP contribution in [0.2, 0.25) is 0 Å². The van der Waals surface area contributed by atoms with Crippen LogP contribution in [0.3, 0.4) is 0 Å². The molecule has 0 radical (unpaired) electrons. The molecule has 136 valence electrons. The second-order valence-electron chi connectivity index (χ2n) is 6.92. The van der Waals surface area contributed by atoms with Crippen LogP contribution in [0.4, 0.5) is 0 Å². The number of carboxylic acids is 1. The van der Waals surface area contributed by atoms with Gasteiger partial charge in [0, 0.05) is 28.4 Å². The van der Waals surface area contributed by atoms with E-state index in [1.54, 1.807) is 11.3 Å². The lowest BCUT2D eigenvalue weighted by atomic mass is 9.96. The summed E-state index contributed by atoms with van der Waals surface area (Å²) in [6, 6.07) is 4.58. The van der Waals surface area contributed by atoms with Gasteiger partial charge < -0.3 is 9.67 Å². The molecule has 4 rings (SSSR count). The van der Waals surface area contributed by atoms with E-state index >= 15 is 0 Å². The smallest absolute Gasteiger partial charge is 0.318 e. The van der Waals surface area contributed by atoms with Gasteiger partial charge in [0.05, 0.1) is 10.9 Å². The first-order valence-electron chi connectivity index (χ1n) is 8.86. The summed E-state index contributed by atoms with van der Waals surface area (Å²) in [6.45, 7) is 4.61. The van der Waals surface area contributed by atoms with Crippen molar-refractivity contribution in [2.24, 2.45) is 0 Å². The normalized spacial score (nSPS) is 22.2. The van der Waals surface area contributed by atoms with Gasteiger partial charge >= 0.3 is 5.97 Å². The molecule has 0 bridgehead atoms. The monoisotopic (exact) mass is 387 g/mol. The number of carboxylic acid groups (broad SMARTS) is 1. The summed E-state index contributed by atoms with van der Waals surface area (Å²) in [5, 5.41) is 22.9.